The van der Waals surface area contributed by atoms with E-state index in [1.54, 1.807) is 18.2 Å². The van der Waals surface area contributed by atoms with Crippen LogP contribution in [0, 0.1) is 0 Å². The Bertz CT molecular complexity index is 716. The SMILES string of the molecule is CCN(N)c1nc(-c2ccc(Cl)c(Cl)c2)n(CC)c(=O)n1. The highest BCUT2D eigenvalue weighted by Crippen LogP contribution is 2.27. The molecule has 0 saturated heterocycles. The summed E-state index contributed by atoms with van der Waals surface area (Å²) in [4.78, 5) is 20.4. The van der Waals surface area contributed by atoms with E-state index in [0.717, 1.165) is 0 Å². The van der Waals surface area contributed by atoms with Crippen molar-refractivity contribution < 1.29 is 0 Å². The van der Waals surface area contributed by atoms with E-state index in [4.69, 9.17) is 29.0 Å². The van der Waals surface area contributed by atoms with E-state index >= 15 is 0 Å². The summed E-state index contributed by atoms with van der Waals surface area (Å²) in [5.74, 6) is 6.40. The highest BCUT2D eigenvalue weighted by molar-refractivity contribution is 6.42. The summed E-state index contributed by atoms with van der Waals surface area (Å²) in [6, 6.07) is 5.07. The van der Waals surface area contributed by atoms with Crippen molar-refractivity contribution in [2.45, 2.75) is 20.4 Å². The van der Waals surface area contributed by atoms with Crippen LogP contribution in [-0.4, -0.2) is 21.1 Å². The second kappa shape index (κ2) is 6.43. The van der Waals surface area contributed by atoms with Gasteiger partial charge >= 0.3 is 5.69 Å². The normalized spacial score (nSPS) is 10.7. The summed E-state index contributed by atoms with van der Waals surface area (Å²) in [5, 5.41) is 2.14. The second-order valence-electron chi connectivity index (χ2n) is 4.29. The molecule has 0 aliphatic rings. The Balaban J connectivity index is 2.67. The number of hydrogen-bond acceptors (Lipinski definition) is 5. The molecule has 0 saturated carbocycles. The first-order valence-electron chi connectivity index (χ1n) is 6.44. The maximum absolute atomic E-state index is 12.1. The smallest absolute Gasteiger partial charge is 0.279 e. The fourth-order valence-electron chi connectivity index (χ4n) is 1.83. The zero-order valence-corrected chi connectivity index (χ0v) is 13.2. The predicted octanol–water partition coefficient (Wildman–Crippen LogP) is 2.33. The van der Waals surface area contributed by atoms with E-state index < -0.39 is 5.69 Å². The van der Waals surface area contributed by atoms with Crippen molar-refractivity contribution in [2.75, 3.05) is 11.6 Å². The molecule has 0 unspecified atom stereocenters. The van der Waals surface area contributed by atoms with Crippen molar-refractivity contribution >= 4 is 29.2 Å². The molecule has 112 valence electrons. The number of aromatic nitrogens is 3. The molecule has 0 fully saturated rings. The Kier molecular flexibility index (Phi) is 4.82. The van der Waals surface area contributed by atoms with Gasteiger partial charge in [-0.15, -0.1) is 0 Å². The van der Waals surface area contributed by atoms with Gasteiger partial charge in [0.15, 0.2) is 0 Å². The number of benzene rings is 1. The number of hydrazine groups is 1. The van der Waals surface area contributed by atoms with Crippen molar-refractivity contribution in [3.05, 3.63) is 38.7 Å². The van der Waals surface area contributed by atoms with Crippen LogP contribution in [0.2, 0.25) is 10.0 Å². The van der Waals surface area contributed by atoms with Gasteiger partial charge in [0.2, 0.25) is 5.95 Å². The Hall–Kier alpha value is -1.63. The third-order valence-corrected chi connectivity index (χ3v) is 3.72. The first kappa shape index (κ1) is 15.8. The van der Waals surface area contributed by atoms with Gasteiger partial charge < -0.3 is 0 Å². The number of halogens is 2. The summed E-state index contributed by atoms with van der Waals surface area (Å²) in [6.45, 7) is 4.60. The summed E-state index contributed by atoms with van der Waals surface area (Å²) in [7, 11) is 0. The molecule has 0 atom stereocenters. The van der Waals surface area contributed by atoms with Gasteiger partial charge in [-0.2, -0.15) is 9.97 Å². The molecule has 6 nitrogen and oxygen atoms in total. The molecule has 2 rings (SSSR count). The topological polar surface area (TPSA) is 77.0 Å². The minimum absolute atomic E-state index is 0.174. The van der Waals surface area contributed by atoms with Gasteiger partial charge in [-0.3, -0.25) is 9.58 Å². The van der Waals surface area contributed by atoms with Crippen LogP contribution in [0.5, 0.6) is 0 Å². The molecule has 21 heavy (non-hydrogen) atoms. The van der Waals surface area contributed by atoms with Crippen molar-refractivity contribution in [3.63, 3.8) is 0 Å². The van der Waals surface area contributed by atoms with Crippen molar-refractivity contribution in [1.82, 2.24) is 14.5 Å². The summed E-state index contributed by atoms with van der Waals surface area (Å²) < 4.78 is 1.45. The Labute approximate surface area is 132 Å². The van der Waals surface area contributed by atoms with E-state index in [-0.39, 0.29) is 5.95 Å². The molecule has 0 aliphatic carbocycles. The van der Waals surface area contributed by atoms with Gasteiger partial charge in [0.25, 0.3) is 0 Å². The van der Waals surface area contributed by atoms with Gasteiger partial charge in [0.1, 0.15) is 5.82 Å². The van der Waals surface area contributed by atoms with Crippen LogP contribution in [0.1, 0.15) is 13.8 Å². The van der Waals surface area contributed by atoms with Crippen LogP contribution >= 0.6 is 23.2 Å². The predicted molar refractivity (Wildman–Crippen MR) is 84.6 cm³/mol. The van der Waals surface area contributed by atoms with Crippen molar-refractivity contribution in [2.24, 2.45) is 5.84 Å². The Morgan fingerprint density at radius 1 is 1.24 bits per heavy atom. The molecule has 0 radical (unpaired) electrons. The molecule has 1 aromatic carbocycles. The average Bonchev–Trinajstić information content (AvgIpc) is 2.48. The van der Waals surface area contributed by atoms with E-state index in [1.807, 2.05) is 13.8 Å². The standard InChI is InChI=1S/C13H15Cl2N5O/c1-3-19-11(8-5-6-9(14)10(15)7-8)17-12(18-13(19)21)20(16)4-2/h5-7H,3-4,16H2,1-2H3. The largest absolute Gasteiger partial charge is 0.352 e. The van der Waals surface area contributed by atoms with E-state index in [9.17, 15) is 4.79 Å². The lowest BCUT2D eigenvalue weighted by Crippen LogP contribution is -2.36. The minimum Gasteiger partial charge on any atom is -0.279 e. The van der Waals surface area contributed by atoms with Crippen LogP contribution in [0.15, 0.2) is 23.0 Å². The molecule has 2 N–H and O–H groups in total. The van der Waals surface area contributed by atoms with Crippen LogP contribution < -0.4 is 16.5 Å². The van der Waals surface area contributed by atoms with Gasteiger partial charge in [-0.1, -0.05) is 23.2 Å². The highest BCUT2D eigenvalue weighted by atomic mass is 35.5. The van der Waals surface area contributed by atoms with Crippen LogP contribution in [0.3, 0.4) is 0 Å². The average molecular weight is 328 g/mol. The molecule has 8 heteroatoms. The molecule has 2 aromatic rings. The summed E-state index contributed by atoms with van der Waals surface area (Å²) in [5.41, 5.74) is 0.268. The molecule has 0 spiro atoms. The van der Waals surface area contributed by atoms with Crippen LogP contribution in [-0.2, 0) is 6.54 Å². The molecular formula is C13H15Cl2N5O. The highest BCUT2D eigenvalue weighted by Gasteiger charge is 2.14. The third-order valence-electron chi connectivity index (χ3n) is 2.98. The third kappa shape index (κ3) is 3.18. The maximum atomic E-state index is 12.1. The molecule has 0 amide bonds. The maximum Gasteiger partial charge on any atom is 0.352 e. The molecular weight excluding hydrogens is 313 g/mol. The van der Waals surface area contributed by atoms with Crippen molar-refractivity contribution in [3.8, 4) is 11.4 Å². The fourth-order valence-corrected chi connectivity index (χ4v) is 2.13. The Morgan fingerprint density at radius 3 is 2.52 bits per heavy atom. The lowest BCUT2D eigenvalue weighted by atomic mass is 10.2. The van der Waals surface area contributed by atoms with Gasteiger partial charge in [0.05, 0.1) is 10.0 Å². The molecule has 1 aromatic heterocycles. The van der Waals surface area contributed by atoms with Crippen LogP contribution in [0.25, 0.3) is 11.4 Å². The van der Waals surface area contributed by atoms with Gasteiger partial charge in [0, 0.05) is 18.7 Å². The Morgan fingerprint density at radius 2 is 1.95 bits per heavy atom. The molecule has 0 bridgehead atoms. The first-order valence-corrected chi connectivity index (χ1v) is 7.20. The minimum atomic E-state index is -0.410. The number of hydrogen-bond donors (Lipinski definition) is 1. The number of rotatable bonds is 4. The van der Waals surface area contributed by atoms with Gasteiger partial charge in [-0.05, 0) is 32.0 Å². The number of nitrogens with two attached hydrogens (primary N) is 1. The molecule has 1 heterocycles. The van der Waals surface area contributed by atoms with Crippen LogP contribution in [0.4, 0.5) is 5.95 Å². The zero-order chi connectivity index (χ0) is 15.6. The summed E-state index contributed by atoms with van der Waals surface area (Å²) in [6.07, 6.45) is 0. The first-order chi connectivity index (χ1) is 9.97. The monoisotopic (exact) mass is 327 g/mol. The zero-order valence-electron chi connectivity index (χ0n) is 11.7. The number of nitrogens with zero attached hydrogens (tertiary/aromatic N) is 4. The van der Waals surface area contributed by atoms with E-state index in [1.165, 1.54) is 9.58 Å². The molecule has 0 aliphatic heterocycles. The summed E-state index contributed by atoms with van der Waals surface area (Å²) >= 11 is 11.9. The van der Waals surface area contributed by atoms with E-state index in [0.29, 0.717) is 34.5 Å². The quantitative estimate of drug-likeness (QED) is 0.688. The van der Waals surface area contributed by atoms with E-state index in [2.05, 4.69) is 9.97 Å². The fraction of sp³-hybridized carbons (Fsp3) is 0.308. The van der Waals surface area contributed by atoms with Gasteiger partial charge in [-0.25, -0.2) is 10.6 Å². The lowest BCUT2D eigenvalue weighted by Gasteiger charge is -2.16. The lowest BCUT2D eigenvalue weighted by molar-refractivity contribution is 0.674. The van der Waals surface area contributed by atoms with Crippen molar-refractivity contribution in [1.29, 1.82) is 0 Å². The second-order valence-corrected chi connectivity index (χ2v) is 5.10. The number of anilines is 1.